The minimum atomic E-state index is 0. The van der Waals surface area contributed by atoms with Crippen LogP contribution in [0.2, 0.25) is 0 Å². The number of piperidine rings is 1. The molecule has 1 aliphatic heterocycles. The molecule has 160 valence electrons. The van der Waals surface area contributed by atoms with Gasteiger partial charge in [0.05, 0.1) is 22.5 Å². The van der Waals surface area contributed by atoms with Crippen LogP contribution >= 0.6 is 24.8 Å². The number of pyridine rings is 2. The topological polar surface area (TPSA) is 58.1 Å². The minimum Gasteiger partial charge on any atom is -0.339 e. The lowest BCUT2D eigenvalue weighted by Gasteiger charge is -2.32. The standard InChI is InChI=1S/C23H26N4O.2ClH/c1-24-13-9-17-10-14-27(15-11-17)23(28)19-16-22(21-8-4-5-12-25-21)26-20-7-3-2-6-18(19)20;;/h2-8,12,16-17,24H,9-11,13-15H2,1H3;2*1H. The van der Waals surface area contributed by atoms with E-state index in [-0.39, 0.29) is 30.7 Å². The number of nitrogens with one attached hydrogen (secondary N) is 1. The van der Waals surface area contributed by atoms with Crippen molar-refractivity contribution in [2.24, 2.45) is 5.92 Å². The number of benzene rings is 1. The number of carbonyl (C=O) groups excluding carboxylic acids is 1. The van der Waals surface area contributed by atoms with Gasteiger partial charge in [0, 0.05) is 24.7 Å². The number of halogens is 2. The molecule has 0 bridgehead atoms. The number of likely N-dealkylation sites (tertiary alicyclic amines) is 1. The van der Waals surface area contributed by atoms with Gasteiger partial charge in [-0.05, 0) is 63.0 Å². The molecule has 7 heteroatoms. The summed E-state index contributed by atoms with van der Waals surface area (Å²) in [5.74, 6) is 0.803. The molecule has 1 fully saturated rings. The van der Waals surface area contributed by atoms with Crippen molar-refractivity contribution in [3.05, 3.63) is 60.3 Å². The fourth-order valence-electron chi connectivity index (χ4n) is 3.94. The molecular weight excluding hydrogens is 419 g/mol. The molecule has 5 nitrogen and oxygen atoms in total. The molecule has 0 spiro atoms. The van der Waals surface area contributed by atoms with Crippen molar-refractivity contribution in [1.82, 2.24) is 20.2 Å². The van der Waals surface area contributed by atoms with E-state index in [1.165, 1.54) is 6.42 Å². The van der Waals surface area contributed by atoms with Crippen LogP contribution in [0.25, 0.3) is 22.3 Å². The van der Waals surface area contributed by atoms with Gasteiger partial charge in [-0.3, -0.25) is 9.78 Å². The Morgan fingerprint density at radius 1 is 1.07 bits per heavy atom. The van der Waals surface area contributed by atoms with Gasteiger partial charge in [0.2, 0.25) is 0 Å². The Hall–Kier alpha value is -2.21. The van der Waals surface area contributed by atoms with E-state index in [9.17, 15) is 4.79 Å². The normalized spacial score (nSPS) is 14.1. The van der Waals surface area contributed by atoms with Gasteiger partial charge in [0.15, 0.2) is 0 Å². The van der Waals surface area contributed by atoms with Crippen LogP contribution in [-0.2, 0) is 0 Å². The smallest absolute Gasteiger partial charge is 0.254 e. The van der Waals surface area contributed by atoms with Gasteiger partial charge in [-0.2, -0.15) is 0 Å². The number of amides is 1. The first-order chi connectivity index (χ1) is 13.8. The van der Waals surface area contributed by atoms with Crippen LogP contribution in [0.5, 0.6) is 0 Å². The van der Waals surface area contributed by atoms with E-state index in [0.717, 1.165) is 60.3 Å². The van der Waals surface area contributed by atoms with Gasteiger partial charge in [-0.25, -0.2) is 4.98 Å². The Kier molecular flexibility index (Phi) is 9.03. The van der Waals surface area contributed by atoms with Crippen LogP contribution in [-0.4, -0.2) is 47.5 Å². The quantitative estimate of drug-likeness (QED) is 0.621. The highest BCUT2D eigenvalue weighted by atomic mass is 35.5. The molecule has 0 radical (unpaired) electrons. The third kappa shape index (κ3) is 5.28. The summed E-state index contributed by atoms with van der Waals surface area (Å²) in [5.41, 5.74) is 3.08. The number of hydrogen-bond acceptors (Lipinski definition) is 4. The zero-order chi connectivity index (χ0) is 19.3. The lowest BCUT2D eigenvalue weighted by Crippen LogP contribution is -2.39. The largest absolute Gasteiger partial charge is 0.339 e. The van der Waals surface area contributed by atoms with E-state index in [0.29, 0.717) is 5.92 Å². The van der Waals surface area contributed by atoms with Crippen molar-refractivity contribution in [3.8, 4) is 11.4 Å². The molecule has 1 aliphatic rings. The van der Waals surface area contributed by atoms with Crippen molar-refractivity contribution in [3.63, 3.8) is 0 Å². The fraction of sp³-hybridized carbons (Fsp3) is 0.348. The second kappa shape index (κ2) is 11.3. The molecular formula is C23H28Cl2N4O. The maximum Gasteiger partial charge on any atom is 0.254 e. The third-order valence-electron chi connectivity index (χ3n) is 5.58. The van der Waals surface area contributed by atoms with Gasteiger partial charge >= 0.3 is 0 Å². The summed E-state index contributed by atoms with van der Waals surface area (Å²) in [6.07, 6.45) is 5.08. The first-order valence-electron chi connectivity index (χ1n) is 10.0. The molecule has 0 aliphatic carbocycles. The average molecular weight is 447 g/mol. The van der Waals surface area contributed by atoms with Crippen LogP contribution in [0.3, 0.4) is 0 Å². The van der Waals surface area contributed by atoms with Crippen molar-refractivity contribution < 1.29 is 4.79 Å². The summed E-state index contributed by atoms with van der Waals surface area (Å²) < 4.78 is 0. The van der Waals surface area contributed by atoms with Gasteiger partial charge in [0.1, 0.15) is 0 Å². The third-order valence-corrected chi connectivity index (χ3v) is 5.58. The number of aromatic nitrogens is 2. The zero-order valence-electron chi connectivity index (χ0n) is 17.1. The highest BCUT2D eigenvalue weighted by Gasteiger charge is 2.25. The van der Waals surface area contributed by atoms with E-state index in [1.54, 1.807) is 6.20 Å². The SMILES string of the molecule is CNCCC1CCN(C(=O)c2cc(-c3ccccn3)nc3ccccc23)CC1.Cl.Cl. The molecule has 1 aromatic carbocycles. The second-order valence-corrected chi connectivity index (χ2v) is 7.41. The van der Waals surface area contributed by atoms with E-state index >= 15 is 0 Å². The summed E-state index contributed by atoms with van der Waals surface area (Å²) in [7, 11) is 1.99. The second-order valence-electron chi connectivity index (χ2n) is 7.41. The predicted octanol–water partition coefficient (Wildman–Crippen LogP) is 4.60. The summed E-state index contributed by atoms with van der Waals surface area (Å²) in [6, 6.07) is 15.5. The van der Waals surface area contributed by atoms with Crippen molar-refractivity contribution in [1.29, 1.82) is 0 Å². The monoisotopic (exact) mass is 446 g/mol. The van der Waals surface area contributed by atoms with Crippen molar-refractivity contribution >= 4 is 41.6 Å². The van der Waals surface area contributed by atoms with Crippen LogP contribution < -0.4 is 5.32 Å². The Balaban J connectivity index is 0.00000160. The number of carbonyl (C=O) groups is 1. The van der Waals surface area contributed by atoms with Crippen molar-refractivity contribution in [2.45, 2.75) is 19.3 Å². The molecule has 0 atom stereocenters. The lowest BCUT2D eigenvalue weighted by atomic mass is 9.93. The van der Waals surface area contributed by atoms with Crippen LogP contribution in [0.1, 0.15) is 29.6 Å². The first-order valence-corrected chi connectivity index (χ1v) is 10.0. The maximum absolute atomic E-state index is 13.4. The van der Waals surface area contributed by atoms with Crippen LogP contribution in [0.15, 0.2) is 54.7 Å². The van der Waals surface area contributed by atoms with Crippen LogP contribution in [0, 0.1) is 5.92 Å². The molecule has 0 saturated carbocycles. The van der Waals surface area contributed by atoms with Gasteiger partial charge in [-0.1, -0.05) is 24.3 Å². The molecule has 2 aromatic heterocycles. The van der Waals surface area contributed by atoms with E-state index in [2.05, 4.69) is 10.3 Å². The molecule has 1 amide bonds. The zero-order valence-corrected chi connectivity index (χ0v) is 18.7. The highest BCUT2D eigenvalue weighted by Crippen LogP contribution is 2.27. The van der Waals surface area contributed by atoms with Gasteiger partial charge in [-0.15, -0.1) is 24.8 Å². The summed E-state index contributed by atoms with van der Waals surface area (Å²) in [4.78, 5) is 24.5. The molecule has 30 heavy (non-hydrogen) atoms. The summed E-state index contributed by atoms with van der Waals surface area (Å²) >= 11 is 0. The van der Waals surface area contributed by atoms with E-state index < -0.39 is 0 Å². The van der Waals surface area contributed by atoms with Crippen LogP contribution in [0.4, 0.5) is 0 Å². The molecule has 1 N–H and O–H groups in total. The molecule has 3 heterocycles. The Labute approximate surface area is 190 Å². The number of hydrogen-bond donors (Lipinski definition) is 1. The Morgan fingerprint density at radius 2 is 1.80 bits per heavy atom. The Morgan fingerprint density at radius 3 is 2.50 bits per heavy atom. The fourth-order valence-corrected chi connectivity index (χ4v) is 3.94. The maximum atomic E-state index is 13.4. The lowest BCUT2D eigenvalue weighted by molar-refractivity contribution is 0.0689. The summed E-state index contributed by atoms with van der Waals surface area (Å²) in [5, 5.41) is 4.13. The molecule has 4 rings (SSSR count). The number of para-hydroxylation sites is 1. The van der Waals surface area contributed by atoms with Gasteiger partial charge in [0.25, 0.3) is 5.91 Å². The van der Waals surface area contributed by atoms with E-state index in [4.69, 9.17) is 4.98 Å². The highest BCUT2D eigenvalue weighted by molar-refractivity contribution is 6.07. The summed E-state index contributed by atoms with van der Waals surface area (Å²) in [6.45, 7) is 2.69. The average Bonchev–Trinajstić information content (AvgIpc) is 2.77. The molecule has 3 aromatic rings. The van der Waals surface area contributed by atoms with Crippen molar-refractivity contribution in [2.75, 3.05) is 26.7 Å². The minimum absolute atomic E-state index is 0. The number of nitrogens with zero attached hydrogens (tertiary/aromatic N) is 3. The predicted molar refractivity (Wildman–Crippen MR) is 127 cm³/mol. The number of rotatable bonds is 5. The molecule has 0 unspecified atom stereocenters. The van der Waals surface area contributed by atoms with E-state index in [1.807, 2.05) is 60.5 Å². The van der Waals surface area contributed by atoms with Gasteiger partial charge < -0.3 is 10.2 Å². The molecule has 1 saturated heterocycles. The first kappa shape index (κ1) is 24.1. The Bertz CT molecular complexity index is 960. The number of fused-ring (bicyclic) bond motifs is 1.